The van der Waals surface area contributed by atoms with Crippen LogP contribution >= 0.6 is 0 Å². The number of fused-ring (bicyclic) bond motifs is 3. The Kier molecular flexibility index (Phi) is 7.44. The highest BCUT2D eigenvalue weighted by Crippen LogP contribution is 2.44. The number of carboxylic acids is 1. The Morgan fingerprint density at radius 2 is 1.71 bits per heavy atom. The van der Waals surface area contributed by atoms with E-state index in [0.717, 1.165) is 22.3 Å². The van der Waals surface area contributed by atoms with Gasteiger partial charge in [0.1, 0.15) is 19.3 Å². The maximum absolute atomic E-state index is 12.3. The van der Waals surface area contributed by atoms with Crippen LogP contribution in [0.3, 0.4) is 0 Å². The molecule has 4 rings (SSSR count). The summed E-state index contributed by atoms with van der Waals surface area (Å²) in [6.07, 6.45) is -0.619. The van der Waals surface area contributed by atoms with Gasteiger partial charge in [-0.05, 0) is 22.3 Å². The molecule has 0 saturated carbocycles. The predicted octanol–water partition coefficient (Wildman–Crippen LogP) is 2.24. The number of carbonyl (C=O) groups excluding carboxylic acids is 2. The molecule has 180 valence electrons. The lowest BCUT2D eigenvalue weighted by Gasteiger charge is -2.21. The van der Waals surface area contributed by atoms with Gasteiger partial charge in [-0.3, -0.25) is 4.79 Å². The van der Waals surface area contributed by atoms with E-state index < -0.39 is 24.0 Å². The second-order valence-electron chi connectivity index (χ2n) is 8.30. The number of ether oxygens (including phenoxy) is 3. The molecule has 2 amide bonds. The van der Waals surface area contributed by atoms with Gasteiger partial charge in [-0.25, -0.2) is 9.59 Å². The van der Waals surface area contributed by atoms with Crippen LogP contribution in [0.5, 0.6) is 0 Å². The highest BCUT2D eigenvalue weighted by molar-refractivity contribution is 5.85. The van der Waals surface area contributed by atoms with Gasteiger partial charge in [-0.1, -0.05) is 48.5 Å². The standard InChI is InChI=1S/C25H28N2O7/c1-32-16-12-22(24(29)30)27(13-16)23(28)15-33-11-10-26-25(31)34-14-21-19-8-4-2-6-17(19)18-7-3-5-9-20(18)21/h2-9,16,21-22H,10-15H2,1H3,(H,26,31)(H,29,30). The monoisotopic (exact) mass is 468 g/mol. The quantitative estimate of drug-likeness (QED) is 0.543. The number of nitrogens with zero attached hydrogens (tertiary/aromatic N) is 1. The number of carbonyl (C=O) groups is 3. The first kappa shape index (κ1) is 23.7. The highest BCUT2D eigenvalue weighted by Gasteiger charge is 2.39. The second kappa shape index (κ2) is 10.7. The number of hydrogen-bond donors (Lipinski definition) is 2. The molecule has 9 heteroatoms. The van der Waals surface area contributed by atoms with Crippen molar-refractivity contribution in [1.29, 1.82) is 0 Å². The molecule has 1 aliphatic heterocycles. The van der Waals surface area contributed by atoms with Crippen molar-refractivity contribution in [2.45, 2.75) is 24.5 Å². The smallest absolute Gasteiger partial charge is 0.407 e. The van der Waals surface area contributed by atoms with Crippen molar-refractivity contribution in [3.8, 4) is 11.1 Å². The minimum absolute atomic E-state index is 0.0226. The van der Waals surface area contributed by atoms with Gasteiger partial charge >= 0.3 is 12.1 Å². The van der Waals surface area contributed by atoms with E-state index in [1.807, 2.05) is 24.3 Å². The van der Waals surface area contributed by atoms with Crippen LogP contribution in [0.25, 0.3) is 11.1 Å². The zero-order chi connectivity index (χ0) is 24.1. The number of likely N-dealkylation sites (tertiary alicyclic amines) is 1. The Morgan fingerprint density at radius 3 is 2.32 bits per heavy atom. The van der Waals surface area contributed by atoms with Crippen molar-refractivity contribution in [3.63, 3.8) is 0 Å². The molecule has 1 fully saturated rings. The summed E-state index contributed by atoms with van der Waals surface area (Å²) in [5.74, 6) is -1.51. The zero-order valence-electron chi connectivity index (χ0n) is 18.9. The number of alkyl carbamates (subject to hydrolysis) is 1. The number of methoxy groups -OCH3 is 1. The van der Waals surface area contributed by atoms with E-state index in [0.29, 0.717) is 0 Å². The fourth-order valence-electron chi connectivity index (χ4n) is 4.60. The second-order valence-corrected chi connectivity index (χ2v) is 8.30. The molecule has 1 saturated heterocycles. The van der Waals surface area contributed by atoms with Crippen LogP contribution in [-0.4, -0.2) is 80.1 Å². The maximum Gasteiger partial charge on any atom is 0.407 e. The minimum atomic E-state index is -1.06. The predicted molar refractivity (Wildman–Crippen MR) is 122 cm³/mol. The molecule has 2 atom stereocenters. The summed E-state index contributed by atoms with van der Waals surface area (Å²) in [6, 6.07) is 15.3. The van der Waals surface area contributed by atoms with Gasteiger partial charge in [-0.2, -0.15) is 0 Å². The van der Waals surface area contributed by atoms with Crippen LogP contribution < -0.4 is 5.32 Å². The molecular weight excluding hydrogens is 440 g/mol. The summed E-state index contributed by atoms with van der Waals surface area (Å²) in [4.78, 5) is 37.1. The van der Waals surface area contributed by atoms with Crippen LogP contribution in [0.1, 0.15) is 23.5 Å². The van der Waals surface area contributed by atoms with E-state index in [4.69, 9.17) is 14.2 Å². The molecule has 0 spiro atoms. The molecule has 2 aromatic carbocycles. The summed E-state index contributed by atoms with van der Waals surface area (Å²) < 4.78 is 16.0. The van der Waals surface area contributed by atoms with Gasteiger partial charge in [0.15, 0.2) is 0 Å². The van der Waals surface area contributed by atoms with Crippen LogP contribution in [-0.2, 0) is 23.8 Å². The van der Waals surface area contributed by atoms with Gasteiger partial charge in [0.05, 0.1) is 12.7 Å². The number of carboxylic acid groups (broad SMARTS) is 1. The lowest BCUT2D eigenvalue weighted by Crippen LogP contribution is -2.42. The number of benzene rings is 2. The van der Waals surface area contributed by atoms with Crippen LogP contribution in [0.4, 0.5) is 4.79 Å². The number of rotatable bonds is 9. The highest BCUT2D eigenvalue weighted by atomic mass is 16.5. The van der Waals surface area contributed by atoms with E-state index in [1.54, 1.807) is 0 Å². The molecule has 1 aliphatic carbocycles. The average Bonchev–Trinajstić information content (AvgIpc) is 3.42. The number of hydrogen-bond acceptors (Lipinski definition) is 6. The largest absolute Gasteiger partial charge is 0.480 e. The first-order valence-electron chi connectivity index (χ1n) is 11.2. The first-order chi connectivity index (χ1) is 16.5. The molecule has 2 unspecified atom stereocenters. The van der Waals surface area contributed by atoms with Crippen molar-refractivity contribution in [1.82, 2.24) is 10.2 Å². The molecule has 2 aromatic rings. The molecule has 0 aromatic heterocycles. The van der Waals surface area contributed by atoms with Crippen molar-refractivity contribution in [2.75, 3.05) is 40.0 Å². The molecule has 34 heavy (non-hydrogen) atoms. The van der Waals surface area contributed by atoms with E-state index in [-0.39, 0.29) is 51.4 Å². The summed E-state index contributed by atoms with van der Waals surface area (Å²) >= 11 is 0. The maximum atomic E-state index is 12.3. The third-order valence-electron chi connectivity index (χ3n) is 6.29. The fourth-order valence-corrected chi connectivity index (χ4v) is 4.60. The average molecular weight is 469 g/mol. The third kappa shape index (κ3) is 5.05. The SMILES string of the molecule is COC1CC(C(=O)O)N(C(=O)COCCNC(=O)OCC2c3ccccc3-c3ccccc32)C1. The molecule has 2 aliphatic rings. The van der Waals surface area contributed by atoms with Gasteiger partial charge in [0.25, 0.3) is 0 Å². The Balaban J connectivity index is 1.19. The van der Waals surface area contributed by atoms with Crippen molar-refractivity contribution < 1.29 is 33.7 Å². The number of nitrogens with one attached hydrogen (secondary N) is 1. The van der Waals surface area contributed by atoms with Gasteiger partial charge in [-0.15, -0.1) is 0 Å². The zero-order valence-corrected chi connectivity index (χ0v) is 18.9. The fraction of sp³-hybridized carbons (Fsp3) is 0.400. The molecule has 0 bridgehead atoms. The lowest BCUT2D eigenvalue weighted by atomic mass is 9.98. The lowest BCUT2D eigenvalue weighted by molar-refractivity contribution is -0.150. The molecule has 2 N–H and O–H groups in total. The van der Waals surface area contributed by atoms with Crippen molar-refractivity contribution >= 4 is 18.0 Å². The Bertz CT molecular complexity index is 1010. The first-order valence-corrected chi connectivity index (χ1v) is 11.2. The molecule has 0 radical (unpaired) electrons. The Morgan fingerprint density at radius 1 is 1.06 bits per heavy atom. The third-order valence-corrected chi connectivity index (χ3v) is 6.29. The topological polar surface area (TPSA) is 114 Å². The minimum Gasteiger partial charge on any atom is -0.480 e. The van der Waals surface area contributed by atoms with Crippen LogP contribution in [0.15, 0.2) is 48.5 Å². The Hall–Kier alpha value is -3.43. The van der Waals surface area contributed by atoms with Gasteiger partial charge < -0.3 is 29.5 Å². The summed E-state index contributed by atoms with van der Waals surface area (Å²) in [5, 5.41) is 11.9. The summed E-state index contributed by atoms with van der Waals surface area (Å²) in [5.41, 5.74) is 4.58. The summed E-state index contributed by atoms with van der Waals surface area (Å²) in [7, 11) is 1.49. The van der Waals surface area contributed by atoms with Crippen molar-refractivity contribution in [2.24, 2.45) is 0 Å². The van der Waals surface area contributed by atoms with E-state index >= 15 is 0 Å². The van der Waals surface area contributed by atoms with Gasteiger partial charge in [0, 0.05) is 32.5 Å². The van der Waals surface area contributed by atoms with E-state index in [9.17, 15) is 19.5 Å². The molecular formula is C25H28N2O7. The van der Waals surface area contributed by atoms with Crippen LogP contribution in [0, 0.1) is 0 Å². The Labute approximate surface area is 197 Å². The van der Waals surface area contributed by atoms with E-state index in [2.05, 4.69) is 29.6 Å². The van der Waals surface area contributed by atoms with Gasteiger partial charge in [0.2, 0.25) is 5.91 Å². The number of aliphatic carboxylic acids is 1. The van der Waals surface area contributed by atoms with Crippen molar-refractivity contribution in [3.05, 3.63) is 59.7 Å². The molecule has 1 heterocycles. The molecule has 9 nitrogen and oxygen atoms in total. The summed E-state index contributed by atoms with van der Waals surface area (Å²) in [6.45, 7) is 0.411. The van der Waals surface area contributed by atoms with Crippen LogP contribution in [0.2, 0.25) is 0 Å². The normalized spacial score (nSPS) is 18.9. The number of amides is 2. The van der Waals surface area contributed by atoms with E-state index in [1.165, 1.54) is 12.0 Å².